The first-order valence-electron chi connectivity index (χ1n) is 10.8. The summed E-state index contributed by atoms with van der Waals surface area (Å²) in [5, 5.41) is 5.91. The molecule has 2 N–H and O–H groups in total. The highest BCUT2D eigenvalue weighted by Crippen LogP contribution is 2.30. The van der Waals surface area contributed by atoms with Crippen molar-refractivity contribution in [3.05, 3.63) is 77.9 Å². The molecule has 0 saturated heterocycles. The van der Waals surface area contributed by atoms with E-state index >= 15 is 0 Å². The molecule has 0 aliphatic heterocycles. The first-order valence-corrected chi connectivity index (χ1v) is 10.8. The summed E-state index contributed by atoms with van der Waals surface area (Å²) in [5.41, 5.74) is 2.49. The van der Waals surface area contributed by atoms with Crippen molar-refractivity contribution in [2.45, 2.75) is 46.7 Å². The van der Waals surface area contributed by atoms with E-state index in [-0.39, 0.29) is 17.9 Å². The van der Waals surface area contributed by atoms with Gasteiger partial charge in [0.25, 0.3) is 5.91 Å². The second-order valence-electron chi connectivity index (χ2n) is 8.52. The molecular weight excluding hydrogens is 388 g/mol. The molecule has 5 heteroatoms. The largest absolute Gasteiger partial charge is 0.493 e. The van der Waals surface area contributed by atoms with Crippen molar-refractivity contribution in [3.8, 4) is 5.75 Å². The lowest BCUT2D eigenvalue weighted by molar-refractivity contribution is -0.116. The number of carbonyl (C=O) groups is 2. The minimum atomic E-state index is -0.225. The fraction of sp³-hybridized carbons (Fsp3) is 0.385. The number of nitrogens with one attached hydrogen (secondary N) is 2. The number of para-hydroxylation sites is 1. The van der Waals surface area contributed by atoms with Gasteiger partial charge in [-0.3, -0.25) is 9.59 Å². The van der Waals surface area contributed by atoms with E-state index in [0.717, 1.165) is 23.3 Å². The Labute approximate surface area is 185 Å². The molecule has 2 aromatic carbocycles. The average Bonchev–Trinajstić information content (AvgIpc) is 2.75. The fourth-order valence-electron chi connectivity index (χ4n) is 3.17. The molecule has 0 fully saturated rings. The van der Waals surface area contributed by atoms with Gasteiger partial charge in [0.2, 0.25) is 5.91 Å². The highest BCUT2D eigenvalue weighted by atomic mass is 16.5. The van der Waals surface area contributed by atoms with Crippen LogP contribution in [0.1, 0.15) is 61.6 Å². The number of ether oxygens (including phenoxy) is 1. The molecule has 1 atom stereocenters. The molecule has 166 valence electrons. The number of hydrogen-bond acceptors (Lipinski definition) is 3. The molecule has 0 saturated carbocycles. The zero-order chi connectivity index (χ0) is 22.8. The first-order chi connectivity index (χ1) is 14.8. The Morgan fingerprint density at radius 1 is 1.00 bits per heavy atom. The van der Waals surface area contributed by atoms with Gasteiger partial charge in [0.05, 0.1) is 12.6 Å². The summed E-state index contributed by atoms with van der Waals surface area (Å²) in [5.74, 6) is 1.28. The van der Waals surface area contributed by atoms with Crippen molar-refractivity contribution in [1.82, 2.24) is 10.6 Å². The lowest BCUT2D eigenvalue weighted by Gasteiger charge is -2.24. The second-order valence-corrected chi connectivity index (χ2v) is 8.52. The normalized spacial score (nSPS) is 11.8. The van der Waals surface area contributed by atoms with E-state index in [1.54, 1.807) is 12.1 Å². The van der Waals surface area contributed by atoms with E-state index in [2.05, 4.69) is 44.9 Å². The number of carbonyl (C=O) groups excluding carboxylic acids is 2. The molecule has 2 aromatic rings. The van der Waals surface area contributed by atoms with Gasteiger partial charge in [-0.2, -0.15) is 0 Å². The molecule has 2 amide bonds. The number of amides is 2. The van der Waals surface area contributed by atoms with Gasteiger partial charge >= 0.3 is 0 Å². The van der Waals surface area contributed by atoms with Gasteiger partial charge < -0.3 is 15.4 Å². The van der Waals surface area contributed by atoms with Crippen LogP contribution in [0.15, 0.2) is 61.2 Å². The summed E-state index contributed by atoms with van der Waals surface area (Å²) in [6, 6.07) is 15.0. The lowest BCUT2D eigenvalue weighted by Crippen LogP contribution is -2.30. The van der Waals surface area contributed by atoms with E-state index in [1.807, 2.05) is 36.4 Å². The fourth-order valence-corrected chi connectivity index (χ4v) is 3.17. The van der Waals surface area contributed by atoms with Crippen molar-refractivity contribution in [3.63, 3.8) is 0 Å². The molecule has 0 spiro atoms. The highest BCUT2D eigenvalue weighted by molar-refractivity contribution is 5.94. The van der Waals surface area contributed by atoms with Crippen LogP contribution in [0.4, 0.5) is 0 Å². The SMILES string of the molecule is C=CC(=O)NCc1ccc(C(=O)NC(CC(C)C)c2ccccc2OCC(C)C)cc1. The number of benzene rings is 2. The van der Waals surface area contributed by atoms with Crippen LogP contribution in [0.25, 0.3) is 0 Å². The Morgan fingerprint density at radius 2 is 1.68 bits per heavy atom. The molecule has 0 aliphatic rings. The molecule has 0 aromatic heterocycles. The van der Waals surface area contributed by atoms with Gasteiger partial charge in [-0.1, -0.05) is 64.6 Å². The molecule has 0 radical (unpaired) electrons. The first kappa shape index (κ1) is 24.2. The monoisotopic (exact) mass is 422 g/mol. The zero-order valence-electron chi connectivity index (χ0n) is 19.0. The summed E-state index contributed by atoms with van der Waals surface area (Å²) < 4.78 is 6.03. The molecular formula is C26H34N2O3. The average molecular weight is 423 g/mol. The number of rotatable bonds is 11. The summed E-state index contributed by atoms with van der Waals surface area (Å²) in [6.45, 7) is 13.0. The smallest absolute Gasteiger partial charge is 0.251 e. The minimum Gasteiger partial charge on any atom is -0.493 e. The van der Waals surface area contributed by atoms with E-state index < -0.39 is 0 Å². The molecule has 0 aliphatic carbocycles. The maximum absolute atomic E-state index is 13.0. The second kappa shape index (κ2) is 11.9. The maximum atomic E-state index is 13.0. The van der Waals surface area contributed by atoms with Crippen LogP contribution in [0, 0.1) is 11.8 Å². The van der Waals surface area contributed by atoms with Crippen LogP contribution < -0.4 is 15.4 Å². The highest BCUT2D eigenvalue weighted by Gasteiger charge is 2.21. The lowest BCUT2D eigenvalue weighted by atomic mass is 9.95. The van der Waals surface area contributed by atoms with Gasteiger partial charge in [0.15, 0.2) is 0 Å². The van der Waals surface area contributed by atoms with Crippen LogP contribution in [-0.2, 0) is 11.3 Å². The Morgan fingerprint density at radius 3 is 2.29 bits per heavy atom. The van der Waals surface area contributed by atoms with Gasteiger partial charge in [0, 0.05) is 17.7 Å². The van der Waals surface area contributed by atoms with Gasteiger partial charge in [-0.15, -0.1) is 0 Å². The molecule has 0 heterocycles. The van der Waals surface area contributed by atoms with Crippen LogP contribution >= 0.6 is 0 Å². The standard InChI is InChI=1S/C26H34N2O3/c1-6-25(29)27-16-20-11-13-21(14-12-20)26(30)28-23(15-18(2)3)22-9-7-8-10-24(22)31-17-19(4)5/h6-14,18-19,23H,1,15-17H2,2-5H3,(H,27,29)(H,28,30). The molecule has 5 nitrogen and oxygen atoms in total. The summed E-state index contributed by atoms with van der Waals surface area (Å²) in [4.78, 5) is 24.3. The van der Waals surface area contributed by atoms with E-state index in [1.165, 1.54) is 6.08 Å². The van der Waals surface area contributed by atoms with Gasteiger partial charge in [0.1, 0.15) is 5.75 Å². The molecule has 31 heavy (non-hydrogen) atoms. The van der Waals surface area contributed by atoms with Crippen molar-refractivity contribution in [2.24, 2.45) is 11.8 Å². The third-order valence-electron chi connectivity index (χ3n) is 4.75. The van der Waals surface area contributed by atoms with E-state index in [9.17, 15) is 9.59 Å². The van der Waals surface area contributed by atoms with E-state index in [4.69, 9.17) is 4.74 Å². The molecule has 2 rings (SSSR count). The summed E-state index contributed by atoms with van der Waals surface area (Å²) in [6.07, 6.45) is 2.04. The molecule has 0 bridgehead atoms. The third kappa shape index (κ3) is 7.93. The van der Waals surface area contributed by atoms with Crippen molar-refractivity contribution < 1.29 is 14.3 Å². The Kier molecular flexibility index (Phi) is 9.32. The predicted octanol–water partition coefficient (Wildman–Crippen LogP) is 5.04. The van der Waals surface area contributed by atoms with Crippen molar-refractivity contribution >= 4 is 11.8 Å². The third-order valence-corrected chi connectivity index (χ3v) is 4.75. The van der Waals surface area contributed by atoms with Crippen molar-refractivity contribution in [2.75, 3.05) is 6.61 Å². The summed E-state index contributed by atoms with van der Waals surface area (Å²) >= 11 is 0. The summed E-state index contributed by atoms with van der Waals surface area (Å²) in [7, 11) is 0. The quantitative estimate of drug-likeness (QED) is 0.499. The topological polar surface area (TPSA) is 67.4 Å². The maximum Gasteiger partial charge on any atom is 0.251 e. The van der Waals surface area contributed by atoms with Crippen LogP contribution in [0.3, 0.4) is 0 Å². The minimum absolute atomic E-state index is 0.133. The van der Waals surface area contributed by atoms with Gasteiger partial charge in [-0.25, -0.2) is 0 Å². The number of hydrogen-bond donors (Lipinski definition) is 2. The Hall–Kier alpha value is -3.08. The Bertz CT molecular complexity index is 872. The van der Waals surface area contributed by atoms with E-state index in [0.29, 0.717) is 30.6 Å². The van der Waals surface area contributed by atoms with Crippen LogP contribution in [-0.4, -0.2) is 18.4 Å². The van der Waals surface area contributed by atoms with Crippen molar-refractivity contribution in [1.29, 1.82) is 0 Å². The van der Waals surface area contributed by atoms with Gasteiger partial charge in [-0.05, 0) is 48.1 Å². The van der Waals surface area contributed by atoms with Crippen LogP contribution in [0.2, 0.25) is 0 Å². The zero-order valence-corrected chi connectivity index (χ0v) is 19.0. The Balaban J connectivity index is 2.15. The molecule has 1 unspecified atom stereocenters. The van der Waals surface area contributed by atoms with Crippen LogP contribution in [0.5, 0.6) is 5.75 Å². The predicted molar refractivity (Wildman–Crippen MR) is 125 cm³/mol.